The summed E-state index contributed by atoms with van der Waals surface area (Å²) < 4.78 is 1.22. The number of pyridine rings is 1. The predicted molar refractivity (Wildman–Crippen MR) is 109 cm³/mol. The van der Waals surface area contributed by atoms with Crippen molar-refractivity contribution >= 4 is 38.1 Å². The molecule has 27 heavy (non-hydrogen) atoms. The third-order valence-electron chi connectivity index (χ3n) is 5.45. The number of anilines is 1. The van der Waals surface area contributed by atoms with Gasteiger partial charge < -0.3 is 10.2 Å². The number of tetrazole rings is 1. The Morgan fingerprint density at radius 3 is 3.07 bits per heavy atom. The van der Waals surface area contributed by atoms with Gasteiger partial charge in [-0.2, -0.15) is 0 Å². The molecular weight excluding hydrogens is 358 g/mol. The Kier molecular flexibility index (Phi) is 4.21. The van der Waals surface area contributed by atoms with Crippen LogP contribution in [0.1, 0.15) is 19.3 Å². The van der Waals surface area contributed by atoms with Gasteiger partial charge in [0, 0.05) is 28.9 Å². The Morgan fingerprint density at radius 1 is 1.26 bits per heavy atom. The van der Waals surface area contributed by atoms with Crippen molar-refractivity contribution in [3.8, 4) is 11.4 Å². The summed E-state index contributed by atoms with van der Waals surface area (Å²) in [5.41, 5.74) is 1.89. The van der Waals surface area contributed by atoms with Crippen LogP contribution in [-0.4, -0.2) is 56.7 Å². The third-order valence-corrected chi connectivity index (χ3v) is 6.37. The van der Waals surface area contributed by atoms with Gasteiger partial charge >= 0.3 is 0 Å². The summed E-state index contributed by atoms with van der Waals surface area (Å²) in [6.07, 6.45) is 3.85. The van der Waals surface area contributed by atoms with Gasteiger partial charge in [-0.1, -0.05) is 18.6 Å². The number of nitrogens with one attached hydrogen (secondary N) is 2. The molecule has 4 heterocycles. The molecule has 1 aliphatic rings. The van der Waals surface area contributed by atoms with Crippen molar-refractivity contribution in [2.24, 2.45) is 0 Å². The second-order valence-corrected chi connectivity index (χ2v) is 8.03. The zero-order valence-electron chi connectivity index (χ0n) is 15.1. The van der Waals surface area contributed by atoms with Crippen LogP contribution in [0.3, 0.4) is 0 Å². The van der Waals surface area contributed by atoms with Crippen LogP contribution in [0.15, 0.2) is 29.6 Å². The Morgan fingerprint density at radius 2 is 2.22 bits per heavy atom. The first-order chi connectivity index (χ1) is 13.3. The van der Waals surface area contributed by atoms with Crippen LogP contribution in [0, 0.1) is 0 Å². The lowest BCUT2D eigenvalue weighted by Gasteiger charge is -2.32. The standard InChI is InChI=1S/C19H21N7S/c1-26-8-3-2-4-13(26)11-20-19-17-15(7-9-27-17)14-6-5-12(10-16(14)21-19)18-22-24-25-23-18/h5-7,9-10,13H,2-4,8,11H2,1H3,(H,20,21)(H,22,23,24,25). The molecule has 0 amide bonds. The van der Waals surface area contributed by atoms with E-state index in [1.807, 2.05) is 12.1 Å². The molecule has 1 fully saturated rings. The van der Waals surface area contributed by atoms with E-state index in [4.69, 9.17) is 4.98 Å². The summed E-state index contributed by atoms with van der Waals surface area (Å²) in [7, 11) is 2.22. The third kappa shape index (κ3) is 3.04. The number of aromatic amines is 1. The molecule has 4 aromatic rings. The minimum absolute atomic E-state index is 0.567. The molecule has 1 aliphatic heterocycles. The molecule has 3 aromatic heterocycles. The average Bonchev–Trinajstić information content (AvgIpc) is 3.39. The maximum atomic E-state index is 4.95. The zero-order chi connectivity index (χ0) is 18.2. The highest BCUT2D eigenvalue weighted by molar-refractivity contribution is 7.18. The smallest absolute Gasteiger partial charge is 0.179 e. The van der Waals surface area contributed by atoms with Crippen LogP contribution in [0.2, 0.25) is 0 Å². The molecule has 1 unspecified atom stereocenters. The van der Waals surface area contributed by atoms with E-state index in [1.54, 1.807) is 11.3 Å². The van der Waals surface area contributed by atoms with Crippen LogP contribution in [-0.2, 0) is 0 Å². The summed E-state index contributed by atoms with van der Waals surface area (Å²) in [4.78, 5) is 7.41. The van der Waals surface area contributed by atoms with Crippen LogP contribution in [0.5, 0.6) is 0 Å². The van der Waals surface area contributed by atoms with Crippen molar-refractivity contribution in [2.75, 3.05) is 25.5 Å². The number of benzene rings is 1. The lowest BCUT2D eigenvalue weighted by molar-refractivity contribution is 0.194. The van der Waals surface area contributed by atoms with Crippen LogP contribution in [0.4, 0.5) is 5.82 Å². The summed E-state index contributed by atoms with van der Waals surface area (Å²) in [6, 6.07) is 8.93. The largest absolute Gasteiger partial charge is 0.367 e. The van der Waals surface area contributed by atoms with E-state index in [9.17, 15) is 0 Å². The lowest BCUT2D eigenvalue weighted by Crippen LogP contribution is -2.40. The fourth-order valence-electron chi connectivity index (χ4n) is 3.89. The second-order valence-electron chi connectivity index (χ2n) is 7.12. The number of likely N-dealkylation sites (tertiary alicyclic amines) is 1. The van der Waals surface area contributed by atoms with Crippen molar-refractivity contribution in [1.82, 2.24) is 30.5 Å². The second kappa shape index (κ2) is 6.86. The molecule has 1 atom stereocenters. The first-order valence-electron chi connectivity index (χ1n) is 9.29. The number of aromatic nitrogens is 5. The molecular formula is C19H21N7S. The molecule has 0 spiro atoms. The summed E-state index contributed by atoms with van der Waals surface area (Å²) in [5, 5.41) is 22.3. The highest BCUT2D eigenvalue weighted by Crippen LogP contribution is 2.35. The summed E-state index contributed by atoms with van der Waals surface area (Å²) >= 11 is 1.74. The highest BCUT2D eigenvalue weighted by atomic mass is 32.1. The first-order valence-corrected chi connectivity index (χ1v) is 10.2. The number of thiophene rings is 1. The van der Waals surface area contributed by atoms with E-state index in [-0.39, 0.29) is 0 Å². The molecule has 5 rings (SSSR count). The molecule has 7 nitrogen and oxygen atoms in total. The Bertz CT molecular complexity index is 1070. The van der Waals surface area contributed by atoms with Crippen molar-refractivity contribution in [2.45, 2.75) is 25.3 Å². The number of piperidine rings is 1. The Hall–Kier alpha value is -2.58. The molecule has 8 heteroatoms. The molecule has 0 bridgehead atoms. The number of hydrogen-bond donors (Lipinski definition) is 2. The molecule has 0 aliphatic carbocycles. The number of rotatable bonds is 4. The van der Waals surface area contributed by atoms with E-state index in [1.165, 1.54) is 35.9 Å². The summed E-state index contributed by atoms with van der Waals surface area (Å²) in [5.74, 6) is 1.63. The predicted octanol–water partition coefficient (Wildman–Crippen LogP) is 3.53. The van der Waals surface area contributed by atoms with Gasteiger partial charge in [0.05, 0.1) is 10.2 Å². The van der Waals surface area contributed by atoms with Gasteiger partial charge in [-0.05, 0) is 54.4 Å². The monoisotopic (exact) mass is 379 g/mol. The van der Waals surface area contributed by atoms with Crippen molar-refractivity contribution in [3.63, 3.8) is 0 Å². The van der Waals surface area contributed by atoms with E-state index < -0.39 is 0 Å². The van der Waals surface area contributed by atoms with E-state index in [2.05, 4.69) is 55.4 Å². The van der Waals surface area contributed by atoms with E-state index >= 15 is 0 Å². The number of nitrogens with zero attached hydrogens (tertiary/aromatic N) is 5. The number of hydrogen-bond acceptors (Lipinski definition) is 7. The van der Waals surface area contributed by atoms with Gasteiger partial charge in [0.25, 0.3) is 0 Å². The Balaban J connectivity index is 1.53. The maximum absolute atomic E-state index is 4.95. The van der Waals surface area contributed by atoms with Gasteiger partial charge in [0.2, 0.25) is 0 Å². The van der Waals surface area contributed by atoms with Gasteiger partial charge in [0.15, 0.2) is 5.82 Å². The Labute approximate surface area is 160 Å². The molecule has 2 N–H and O–H groups in total. The van der Waals surface area contributed by atoms with Crippen molar-refractivity contribution in [3.05, 3.63) is 29.6 Å². The van der Waals surface area contributed by atoms with Crippen molar-refractivity contribution < 1.29 is 0 Å². The van der Waals surface area contributed by atoms with Crippen LogP contribution < -0.4 is 5.32 Å². The zero-order valence-corrected chi connectivity index (χ0v) is 16.0. The van der Waals surface area contributed by atoms with Gasteiger partial charge in [-0.3, -0.25) is 0 Å². The van der Waals surface area contributed by atoms with Gasteiger partial charge in [0.1, 0.15) is 5.82 Å². The van der Waals surface area contributed by atoms with Gasteiger partial charge in [-0.15, -0.1) is 16.4 Å². The van der Waals surface area contributed by atoms with Gasteiger partial charge in [-0.25, -0.2) is 10.1 Å². The average molecular weight is 379 g/mol. The molecule has 0 radical (unpaired) electrons. The normalized spacial score (nSPS) is 18.3. The van der Waals surface area contributed by atoms with E-state index in [0.29, 0.717) is 11.9 Å². The number of H-pyrrole nitrogens is 1. The molecule has 1 aromatic carbocycles. The lowest BCUT2D eigenvalue weighted by atomic mass is 10.0. The summed E-state index contributed by atoms with van der Waals surface area (Å²) in [6.45, 7) is 2.11. The van der Waals surface area contributed by atoms with Crippen molar-refractivity contribution in [1.29, 1.82) is 0 Å². The molecule has 1 saturated heterocycles. The quantitative estimate of drug-likeness (QED) is 0.564. The highest BCUT2D eigenvalue weighted by Gasteiger charge is 2.19. The number of likely N-dealkylation sites (N-methyl/N-ethyl adjacent to an activating group) is 1. The minimum Gasteiger partial charge on any atom is -0.367 e. The fourth-order valence-corrected chi connectivity index (χ4v) is 4.77. The molecule has 138 valence electrons. The van der Waals surface area contributed by atoms with E-state index in [0.717, 1.165) is 28.8 Å². The maximum Gasteiger partial charge on any atom is 0.179 e. The molecule has 0 saturated carbocycles. The first kappa shape index (κ1) is 16.6. The topological polar surface area (TPSA) is 82.6 Å². The minimum atomic E-state index is 0.567. The van der Waals surface area contributed by atoms with Crippen LogP contribution in [0.25, 0.3) is 32.4 Å². The SMILES string of the molecule is CN1CCCCC1CNc1nc2cc(-c3nnn[nH]3)ccc2c2ccsc12. The fraction of sp³-hybridized carbons (Fsp3) is 0.368. The number of fused-ring (bicyclic) bond motifs is 3. The van der Waals surface area contributed by atoms with Crippen LogP contribution >= 0.6 is 11.3 Å².